The molecule has 0 saturated heterocycles. The zero-order chi connectivity index (χ0) is 13.9. The van der Waals surface area contributed by atoms with Gasteiger partial charge in [-0.25, -0.2) is 4.98 Å². The number of para-hydroxylation sites is 1. The predicted octanol–water partition coefficient (Wildman–Crippen LogP) is 3.63. The molecule has 0 fully saturated rings. The van der Waals surface area contributed by atoms with Gasteiger partial charge in [-0.3, -0.25) is 9.55 Å². The Labute approximate surface area is 118 Å². The normalized spacial score (nSPS) is 10.5. The number of aryl methyl sites for hydroxylation is 2. The van der Waals surface area contributed by atoms with Crippen LogP contribution in [0.1, 0.15) is 11.3 Å². The average molecular weight is 264 g/mol. The van der Waals surface area contributed by atoms with E-state index < -0.39 is 0 Å². The summed E-state index contributed by atoms with van der Waals surface area (Å²) in [4.78, 5) is 8.78. The first kappa shape index (κ1) is 12.4. The molecule has 20 heavy (non-hydrogen) atoms. The zero-order valence-corrected chi connectivity index (χ0v) is 11.5. The van der Waals surface area contributed by atoms with Gasteiger partial charge in [-0.2, -0.15) is 0 Å². The monoisotopic (exact) mass is 264 g/mol. The van der Waals surface area contributed by atoms with Crippen molar-refractivity contribution in [3.05, 3.63) is 66.2 Å². The van der Waals surface area contributed by atoms with Crippen LogP contribution in [-0.2, 0) is 0 Å². The average Bonchev–Trinajstić information content (AvgIpc) is 2.81. The van der Waals surface area contributed by atoms with Gasteiger partial charge in [0.05, 0.1) is 17.6 Å². The van der Waals surface area contributed by atoms with Crippen molar-refractivity contribution in [3.63, 3.8) is 0 Å². The molecular formula is C16H16N4. The van der Waals surface area contributed by atoms with Crippen molar-refractivity contribution in [1.82, 2.24) is 14.5 Å². The first-order valence-electron chi connectivity index (χ1n) is 6.52. The summed E-state index contributed by atoms with van der Waals surface area (Å²) in [6.45, 7) is 4.01. The summed E-state index contributed by atoms with van der Waals surface area (Å²) in [5.41, 5.74) is 4.11. The molecule has 0 atom stereocenters. The molecule has 2 aromatic heterocycles. The van der Waals surface area contributed by atoms with Crippen LogP contribution in [0.25, 0.3) is 5.69 Å². The summed E-state index contributed by atoms with van der Waals surface area (Å²) in [5, 5.41) is 3.34. The summed E-state index contributed by atoms with van der Waals surface area (Å²) in [6.07, 6.45) is 5.68. The Hall–Kier alpha value is -2.62. The number of hydrogen-bond donors (Lipinski definition) is 1. The van der Waals surface area contributed by atoms with Crippen molar-refractivity contribution >= 4 is 11.6 Å². The van der Waals surface area contributed by atoms with E-state index in [0.29, 0.717) is 0 Å². The molecule has 0 saturated carbocycles. The molecule has 0 bridgehead atoms. The van der Waals surface area contributed by atoms with Crippen molar-refractivity contribution < 1.29 is 0 Å². The van der Waals surface area contributed by atoms with Gasteiger partial charge in [0.15, 0.2) is 0 Å². The Morgan fingerprint density at radius 1 is 1.05 bits per heavy atom. The highest BCUT2D eigenvalue weighted by Gasteiger charge is 2.08. The third kappa shape index (κ3) is 2.54. The Morgan fingerprint density at radius 3 is 2.60 bits per heavy atom. The molecular weight excluding hydrogens is 248 g/mol. The minimum atomic E-state index is 0.793. The number of aromatic nitrogens is 3. The van der Waals surface area contributed by atoms with Gasteiger partial charge in [0, 0.05) is 18.1 Å². The molecule has 4 heteroatoms. The van der Waals surface area contributed by atoms with E-state index in [2.05, 4.69) is 21.4 Å². The molecule has 0 aliphatic carbocycles. The molecule has 100 valence electrons. The SMILES string of the molecule is Cc1cncc(-n2cc(C)nc2Nc2ccccc2)c1. The van der Waals surface area contributed by atoms with Gasteiger partial charge in [0.1, 0.15) is 0 Å². The number of benzene rings is 1. The van der Waals surface area contributed by atoms with Gasteiger partial charge in [0.2, 0.25) is 5.95 Å². The van der Waals surface area contributed by atoms with Crippen molar-refractivity contribution in [2.75, 3.05) is 5.32 Å². The van der Waals surface area contributed by atoms with Crippen LogP contribution in [0.4, 0.5) is 11.6 Å². The lowest BCUT2D eigenvalue weighted by molar-refractivity contribution is 1.04. The van der Waals surface area contributed by atoms with Crippen LogP contribution in [0.2, 0.25) is 0 Å². The predicted molar refractivity (Wildman–Crippen MR) is 80.6 cm³/mol. The molecule has 1 aromatic carbocycles. The van der Waals surface area contributed by atoms with Crippen LogP contribution >= 0.6 is 0 Å². The summed E-state index contributed by atoms with van der Waals surface area (Å²) in [6, 6.07) is 12.1. The molecule has 3 rings (SSSR count). The highest BCUT2D eigenvalue weighted by Crippen LogP contribution is 2.20. The van der Waals surface area contributed by atoms with E-state index in [4.69, 9.17) is 0 Å². The smallest absolute Gasteiger partial charge is 0.212 e. The van der Waals surface area contributed by atoms with E-state index in [1.165, 1.54) is 0 Å². The molecule has 0 amide bonds. The fourth-order valence-electron chi connectivity index (χ4n) is 2.10. The molecule has 0 spiro atoms. The number of rotatable bonds is 3. The molecule has 4 nitrogen and oxygen atoms in total. The van der Waals surface area contributed by atoms with Crippen LogP contribution in [0.5, 0.6) is 0 Å². The highest BCUT2D eigenvalue weighted by molar-refractivity contribution is 5.56. The van der Waals surface area contributed by atoms with Crippen molar-refractivity contribution in [1.29, 1.82) is 0 Å². The van der Waals surface area contributed by atoms with E-state index in [9.17, 15) is 0 Å². The van der Waals surface area contributed by atoms with Crippen molar-refractivity contribution in [3.8, 4) is 5.69 Å². The van der Waals surface area contributed by atoms with E-state index in [1.54, 1.807) is 0 Å². The highest BCUT2D eigenvalue weighted by atomic mass is 15.2. The first-order valence-corrected chi connectivity index (χ1v) is 6.52. The second-order valence-corrected chi connectivity index (χ2v) is 4.79. The Kier molecular flexibility index (Phi) is 3.21. The maximum Gasteiger partial charge on any atom is 0.212 e. The number of nitrogens with one attached hydrogen (secondary N) is 1. The van der Waals surface area contributed by atoms with Crippen molar-refractivity contribution in [2.24, 2.45) is 0 Å². The van der Waals surface area contributed by atoms with Gasteiger partial charge in [-0.05, 0) is 37.6 Å². The Balaban J connectivity index is 2.00. The maximum atomic E-state index is 4.54. The zero-order valence-electron chi connectivity index (χ0n) is 11.5. The van der Waals surface area contributed by atoms with Crippen LogP contribution < -0.4 is 5.32 Å². The largest absolute Gasteiger partial charge is 0.325 e. The molecule has 1 N–H and O–H groups in total. The summed E-state index contributed by atoms with van der Waals surface area (Å²) in [7, 11) is 0. The topological polar surface area (TPSA) is 42.7 Å². The number of hydrogen-bond acceptors (Lipinski definition) is 3. The number of pyridine rings is 1. The summed E-state index contributed by atoms with van der Waals surface area (Å²) in [5.74, 6) is 0.793. The van der Waals surface area contributed by atoms with E-state index in [1.807, 2.05) is 67.3 Å². The number of anilines is 2. The first-order chi connectivity index (χ1) is 9.72. The van der Waals surface area contributed by atoms with Gasteiger partial charge in [-0.15, -0.1) is 0 Å². The van der Waals surface area contributed by atoms with Crippen LogP contribution in [-0.4, -0.2) is 14.5 Å². The molecule has 0 aliphatic rings. The lowest BCUT2D eigenvalue weighted by Gasteiger charge is -2.09. The van der Waals surface area contributed by atoms with Crippen LogP contribution in [0.3, 0.4) is 0 Å². The third-order valence-electron chi connectivity index (χ3n) is 3.00. The lowest BCUT2D eigenvalue weighted by atomic mass is 10.3. The standard InChI is InChI=1S/C16H16N4/c1-12-8-15(10-17-9-12)20-11-13(2)18-16(20)19-14-6-4-3-5-7-14/h3-11H,1-2H3,(H,18,19). The van der Waals surface area contributed by atoms with Gasteiger partial charge >= 0.3 is 0 Å². The minimum Gasteiger partial charge on any atom is -0.325 e. The second kappa shape index (κ2) is 5.17. The minimum absolute atomic E-state index is 0.793. The fourth-order valence-corrected chi connectivity index (χ4v) is 2.10. The molecule has 0 unspecified atom stereocenters. The van der Waals surface area contributed by atoms with Gasteiger partial charge < -0.3 is 5.32 Å². The summed E-state index contributed by atoms with van der Waals surface area (Å²) >= 11 is 0. The van der Waals surface area contributed by atoms with E-state index in [-0.39, 0.29) is 0 Å². The van der Waals surface area contributed by atoms with Gasteiger partial charge in [-0.1, -0.05) is 18.2 Å². The Morgan fingerprint density at radius 2 is 1.85 bits per heavy atom. The number of imidazole rings is 1. The van der Waals surface area contributed by atoms with Gasteiger partial charge in [0.25, 0.3) is 0 Å². The van der Waals surface area contributed by atoms with E-state index in [0.717, 1.165) is 28.6 Å². The molecule has 0 aliphatic heterocycles. The Bertz CT molecular complexity index is 716. The maximum absolute atomic E-state index is 4.54. The molecule has 2 heterocycles. The third-order valence-corrected chi connectivity index (χ3v) is 3.00. The van der Waals surface area contributed by atoms with Crippen LogP contribution in [0.15, 0.2) is 55.0 Å². The number of nitrogens with zero attached hydrogens (tertiary/aromatic N) is 3. The van der Waals surface area contributed by atoms with Crippen molar-refractivity contribution in [2.45, 2.75) is 13.8 Å². The van der Waals surface area contributed by atoms with Crippen LogP contribution in [0, 0.1) is 13.8 Å². The lowest BCUT2D eigenvalue weighted by Crippen LogP contribution is -2.01. The summed E-state index contributed by atoms with van der Waals surface area (Å²) < 4.78 is 2.02. The van der Waals surface area contributed by atoms with E-state index >= 15 is 0 Å². The fraction of sp³-hybridized carbons (Fsp3) is 0.125. The second-order valence-electron chi connectivity index (χ2n) is 4.79. The molecule has 0 radical (unpaired) electrons. The molecule has 3 aromatic rings. The quantitative estimate of drug-likeness (QED) is 0.785.